The molecule has 0 spiro atoms. The zero-order valence-electron chi connectivity index (χ0n) is 20.8. The van der Waals surface area contributed by atoms with Crippen molar-refractivity contribution in [3.8, 4) is 0 Å². The van der Waals surface area contributed by atoms with Gasteiger partial charge in [0.2, 0.25) is 5.91 Å². The lowest BCUT2D eigenvalue weighted by atomic mass is 9.87. The Morgan fingerprint density at radius 2 is 1.86 bits per heavy atom. The molecule has 2 aliphatic heterocycles. The molecule has 0 radical (unpaired) electrons. The van der Waals surface area contributed by atoms with E-state index >= 15 is 0 Å². The van der Waals surface area contributed by atoms with Gasteiger partial charge in [0.15, 0.2) is 5.54 Å². The number of para-hydroxylation sites is 1. The number of halogens is 1. The van der Waals surface area contributed by atoms with Crippen LogP contribution in [0.4, 0.5) is 4.79 Å². The number of H-pyrrole nitrogens is 1. The fraction of sp³-hybridized carbons (Fsp3) is 0.393. The number of hydrogen-bond acceptors (Lipinski definition) is 3. The minimum Gasteiger partial charge on any atom is -0.356 e. The van der Waals surface area contributed by atoms with Crippen molar-refractivity contribution in [2.75, 3.05) is 13.1 Å². The molecule has 2 aliphatic rings. The largest absolute Gasteiger partial charge is 0.356 e. The number of aromatic nitrogens is 1. The second-order valence-electron chi connectivity index (χ2n) is 10.3. The van der Waals surface area contributed by atoms with Gasteiger partial charge >= 0.3 is 6.03 Å². The van der Waals surface area contributed by atoms with Crippen LogP contribution in [0.1, 0.15) is 44.0 Å². The Kier molecular flexibility index (Phi) is 6.29. The summed E-state index contributed by atoms with van der Waals surface area (Å²) in [5, 5.41) is 4.70. The van der Waals surface area contributed by atoms with Gasteiger partial charge in [-0.3, -0.25) is 9.59 Å². The van der Waals surface area contributed by atoms with Gasteiger partial charge in [-0.15, -0.1) is 0 Å². The number of fused-ring (bicyclic) bond motifs is 5. The molecule has 1 aromatic heterocycles. The van der Waals surface area contributed by atoms with Crippen LogP contribution in [-0.4, -0.2) is 51.8 Å². The second kappa shape index (κ2) is 9.28. The highest BCUT2D eigenvalue weighted by Gasteiger charge is 2.60. The summed E-state index contributed by atoms with van der Waals surface area (Å²) >= 11 is 5.96. The summed E-state index contributed by atoms with van der Waals surface area (Å²) in [6, 6.07) is 14.2. The van der Waals surface area contributed by atoms with Crippen LogP contribution >= 0.6 is 11.6 Å². The number of urea groups is 1. The maximum atomic E-state index is 14.0. The molecule has 2 atom stereocenters. The van der Waals surface area contributed by atoms with Crippen LogP contribution in [0.3, 0.4) is 0 Å². The third-order valence-electron chi connectivity index (χ3n) is 7.43. The number of amides is 4. The molecule has 7 nitrogen and oxygen atoms in total. The predicted octanol–water partition coefficient (Wildman–Crippen LogP) is 4.63. The SMILES string of the molecule is CC(C)C[C@@H](C(=O)NCCc1ccc(Cl)cc1)N1C(=O)N2CCc3c([nH]c4ccccc34)[C@@]2(C)C1=O. The third-order valence-corrected chi connectivity index (χ3v) is 7.69. The van der Waals surface area contributed by atoms with Crippen LogP contribution in [0.25, 0.3) is 10.9 Å². The van der Waals surface area contributed by atoms with Crippen LogP contribution in [0, 0.1) is 5.92 Å². The summed E-state index contributed by atoms with van der Waals surface area (Å²) in [4.78, 5) is 47.3. The smallest absolute Gasteiger partial charge is 0.328 e. The van der Waals surface area contributed by atoms with Crippen LogP contribution < -0.4 is 5.32 Å². The van der Waals surface area contributed by atoms with Gasteiger partial charge in [0.25, 0.3) is 5.91 Å². The van der Waals surface area contributed by atoms with Gasteiger partial charge in [-0.1, -0.05) is 55.8 Å². The van der Waals surface area contributed by atoms with E-state index in [1.165, 1.54) is 4.90 Å². The minimum atomic E-state index is -1.16. The Bertz CT molecular complexity index is 1330. The average molecular weight is 507 g/mol. The topological polar surface area (TPSA) is 85.5 Å². The molecule has 0 unspecified atom stereocenters. The lowest BCUT2D eigenvalue weighted by Gasteiger charge is -2.36. The van der Waals surface area contributed by atoms with E-state index in [2.05, 4.69) is 10.3 Å². The minimum absolute atomic E-state index is 0.117. The molecule has 3 heterocycles. The highest BCUT2D eigenvalue weighted by Crippen LogP contribution is 2.44. The van der Waals surface area contributed by atoms with E-state index in [0.717, 1.165) is 27.7 Å². The Labute approximate surface area is 215 Å². The number of carbonyl (C=O) groups excluding carboxylic acids is 3. The Balaban J connectivity index is 1.41. The van der Waals surface area contributed by atoms with Gasteiger partial charge in [0.05, 0.1) is 5.69 Å². The van der Waals surface area contributed by atoms with Gasteiger partial charge in [-0.05, 0) is 61.4 Å². The highest BCUT2D eigenvalue weighted by atomic mass is 35.5. The van der Waals surface area contributed by atoms with E-state index in [9.17, 15) is 14.4 Å². The van der Waals surface area contributed by atoms with E-state index < -0.39 is 17.6 Å². The molecule has 3 aromatic rings. The summed E-state index contributed by atoms with van der Waals surface area (Å²) in [6.07, 6.45) is 1.68. The monoisotopic (exact) mass is 506 g/mol. The van der Waals surface area contributed by atoms with Crippen molar-refractivity contribution in [1.29, 1.82) is 0 Å². The first-order valence-electron chi connectivity index (χ1n) is 12.5. The van der Waals surface area contributed by atoms with E-state index in [1.807, 2.05) is 62.4 Å². The van der Waals surface area contributed by atoms with Gasteiger partial charge in [0, 0.05) is 29.0 Å². The first kappa shape index (κ1) is 24.4. The lowest BCUT2D eigenvalue weighted by Crippen LogP contribution is -2.51. The fourth-order valence-electron chi connectivity index (χ4n) is 5.57. The summed E-state index contributed by atoms with van der Waals surface area (Å²) < 4.78 is 0. The van der Waals surface area contributed by atoms with Crippen molar-refractivity contribution in [2.24, 2.45) is 5.92 Å². The van der Waals surface area contributed by atoms with Gasteiger partial charge in [-0.25, -0.2) is 9.69 Å². The molecule has 2 aromatic carbocycles. The fourth-order valence-corrected chi connectivity index (χ4v) is 5.69. The first-order chi connectivity index (χ1) is 17.2. The van der Waals surface area contributed by atoms with Crippen LogP contribution in [0.5, 0.6) is 0 Å². The Hall–Kier alpha value is -3.32. The van der Waals surface area contributed by atoms with Crippen molar-refractivity contribution >= 4 is 40.3 Å². The van der Waals surface area contributed by atoms with Crippen molar-refractivity contribution in [1.82, 2.24) is 20.1 Å². The number of hydrogen-bond donors (Lipinski definition) is 2. The molecule has 1 saturated heterocycles. The van der Waals surface area contributed by atoms with Crippen LogP contribution in [-0.2, 0) is 28.0 Å². The van der Waals surface area contributed by atoms with Crippen molar-refractivity contribution in [3.05, 3.63) is 70.4 Å². The highest BCUT2D eigenvalue weighted by molar-refractivity contribution is 6.30. The van der Waals surface area contributed by atoms with E-state index in [0.29, 0.717) is 37.4 Å². The molecule has 4 amide bonds. The molecular weight excluding hydrogens is 476 g/mol. The number of benzene rings is 2. The number of aromatic amines is 1. The molecule has 36 heavy (non-hydrogen) atoms. The van der Waals surface area contributed by atoms with Crippen molar-refractivity contribution in [2.45, 2.75) is 51.6 Å². The molecule has 188 valence electrons. The van der Waals surface area contributed by atoms with Gasteiger partial charge < -0.3 is 15.2 Å². The molecule has 2 N–H and O–H groups in total. The summed E-state index contributed by atoms with van der Waals surface area (Å²) in [5.74, 6) is -0.537. The van der Waals surface area contributed by atoms with Crippen molar-refractivity contribution in [3.63, 3.8) is 0 Å². The number of nitrogens with one attached hydrogen (secondary N) is 2. The normalized spacial score (nSPS) is 20.1. The maximum absolute atomic E-state index is 14.0. The predicted molar refractivity (Wildman–Crippen MR) is 140 cm³/mol. The van der Waals surface area contributed by atoms with Crippen molar-refractivity contribution < 1.29 is 14.4 Å². The van der Waals surface area contributed by atoms with E-state index in [4.69, 9.17) is 11.6 Å². The number of imide groups is 1. The van der Waals surface area contributed by atoms with Gasteiger partial charge in [0.1, 0.15) is 6.04 Å². The molecule has 0 aliphatic carbocycles. The molecule has 0 saturated carbocycles. The Morgan fingerprint density at radius 1 is 1.14 bits per heavy atom. The van der Waals surface area contributed by atoms with Crippen LogP contribution in [0.2, 0.25) is 5.02 Å². The molecule has 8 heteroatoms. The third kappa shape index (κ3) is 3.95. The van der Waals surface area contributed by atoms with E-state index in [-0.39, 0.29) is 17.7 Å². The molecule has 1 fully saturated rings. The number of carbonyl (C=O) groups is 3. The number of nitrogens with zero attached hydrogens (tertiary/aromatic N) is 2. The zero-order chi connectivity index (χ0) is 25.6. The average Bonchev–Trinajstić information content (AvgIpc) is 3.32. The summed E-state index contributed by atoms with van der Waals surface area (Å²) in [5.41, 5.74) is 2.65. The van der Waals surface area contributed by atoms with Gasteiger partial charge in [-0.2, -0.15) is 0 Å². The summed E-state index contributed by atoms with van der Waals surface area (Å²) in [6.45, 7) is 6.61. The quantitative estimate of drug-likeness (QED) is 0.458. The maximum Gasteiger partial charge on any atom is 0.328 e. The lowest BCUT2D eigenvalue weighted by molar-refractivity contribution is -0.140. The standard InChI is InChI=1S/C28H31ClN4O3/c1-17(2)16-23(25(34)30-14-12-18-8-10-19(29)11-9-18)33-26(35)28(3)24-21(13-15-32(28)27(33)36)20-6-4-5-7-22(20)31-24/h4-11,17,23,31H,12-16H2,1-3H3,(H,30,34)/t23-,28-/m0/s1. The van der Waals surface area contributed by atoms with Crippen LogP contribution in [0.15, 0.2) is 48.5 Å². The van der Waals surface area contributed by atoms with E-state index in [1.54, 1.807) is 11.8 Å². The zero-order valence-corrected chi connectivity index (χ0v) is 21.6. The first-order valence-corrected chi connectivity index (χ1v) is 12.9. The molecular formula is C28H31ClN4O3. The second-order valence-corrected chi connectivity index (χ2v) is 10.7. The molecule has 0 bridgehead atoms. The Morgan fingerprint density at radius 3 is 2.58 bits per heavy atom. The number of rotatable bonds is 7. The summed E-state index contributed by atoms with van der Waals surface area (Å²) in [7, 11) is 0. The molecule has 5 rings (SSSR count).